The van der Waals surface area contributed by atoms with Gasteiger partial charge in [0.1, 0.15) is 5.82 Å². The van der Waals surface area contributed by atoms with E-state index in [9.17, 15) is 19.2 Å². The quantitative estimate of drug-likeness (QED) is 0.452. The van der Waals surface area contributed by atoms with Gasteiger partial charge in [0.2, 0.25) is 11.8 Å². The number of nitrogens with two attached hydrogens (primary N) is 1. The molecule has 3 rings (SSSR count). The monoisotopic (exact) mass is 459 g/mol. The summed E-state index contributed by atoms with van der Waals surface area (Å²) in [5, 5.41) is 20.2. The fourth-order valence-corrected chi connectivity index (χ4v) is 3.08. The lowest BCUT2D eigenvalue weighted by molar-refractivity contribution is -0.139. The van der Waals surface area contributed by atoms with E-state index in [1.54, 1.807) is 6.07 Å². The van der Waals surface area contributed by atoms with Gasteiger partial charge in [-0.3, -0.25) is 19.2 Å². The van der Waals surface area contributed by atoms with Crippen molar-refractivity contribution in [1.29, 1.82) is 0 Å². The van der Waals surface area contributed by atoms with Gasteiger partial charge in [-0.1, -0.05) is 0 Å². The Hall–Kier alpha value is -3.73. The number of aromatic nitrogens is 1. The predicted octanol–water partition coefficient (Wildman–Crippen LogP) is 1.13. The summed E-state index contributed by atoms with van der Waals surface area (Å²) in [7, 11) is 2.12. The van der Waals surface area contributed by atoms with E-state index in [2.05, 4.69) is 27.9 Å². The number of carbonyl (C=O) groups excluding carboxylic acids is 2. The van der Waals surface area contributed by atoms with E-state index in [0.717, 1.165) is 42.9 Å². The molecule has 0 unspecified atom stereocenters. The van der Waals surface area contributed by atoms with Gasteiger partial charge in [-0.05, 0) is 37.4 Å². The summed E-state index contributed by atoms with van der Waals surface area (Å²) >= 11 is 0. The molecule has 11 nitrogen and oxygen atoms in total. The van der Waals surface area contributed by atoms with Crippen molar-refractivity contribution in [2.24, 2.45) is 5.73 Å². The zero-order chi connectivity index (χ0) is 24.4. The maximum Gasteiger partial charge on any atom is 0.303 e. The number of amides is 2. The number of carboxylic acids is 2. The molecule has 1 fully saturated rings. The lowest BCUT2D eigenvalue weighted by Gasteiger charge is -2.33. The fourth-order valence-electron chi connectivity index (χ4n) is 3.08. The zero-order valence-corrected chi connectivity index (χ0v) is 18.5. The molecule has 0 atom stereocenters. The normalized spacial score (nSPS) is 13.7. The summed E-state index contributed by atoms with van der Waals surface area (Å²) in [6.07, 6.45) is -0.450. The third kappa shape index (κ3) is 9.11. The highest BCUT2D eigenvalue weighted by Gasteiger charge is 2.15. The number of piperazine rings is 1. The van der Waals surface area contributed by atoms with Crippen LogP contribution in [0.25, 0.3) is 10.9 Å². The number of aliphatic carboxylic acids is 2. The molecule has 5 N–H and O–H groups in total. The van der Waals surface area contributed by atoms with Crippen LogP contribution in [-0.4, -0.2) is 77.1 Å². The van der Waals surface area contributed by atoms with Gasteiger partial charge in [0.05, 0.1) is 18.4 Å². The molecule has 2 amide bonds. The Kier molecular flexibility index (Phi) is 9.55. The maximum atomic E-state index is 11.7. The summed E-state index contributed by atoms with van der Waals surface area (Å²) in [5.41, 5.74) is 6.16. The van der Waals surface area contributed by atoms with E-state index in [-0.39, 0.29) is 31.6 Å². The third-order valence-corrected chi connectivity index (χ3v) is 4.94. The molecule has 2 aromatic rings. The third-order valence-electron chi connectivity index (χ3n) is 4.94. The van der Waals surface area contributed by atoms with Crippen molar-refractivity contribution in [2.45, 2.75) is 25.7 Å². The number of fused-ring (bicyclic) bond motifs is 1. The van der Waals surface area contributed by atoms with Gasteiger partial charge in [-0.25, -0.2) is 4.98 Å². The van der Waals surface area contributed by atoms with Crippen LogP contribution in [-0.2, 0) is 19.2 Å². The second-order valence-electron chi connectivity index (χ2n) is 7.67. The summed E-state index contributed by atoms with van der Waals surface area (Å²) in [5.74, 6) is -1.88. The van der Waals surface area contributed by atoms with Gasteiger partial charge in [0.25, 0.3) is 0 Å². The van der Waals surface area contributed by atoms with Crippen molar-refractivity contribution in [2.75, 3.05) is 43.4 Å². The number of benzene rings is 1. The maximum absolute atomic E-state index is 11.7. The van der Waals surface area contributed by atoms with Crippen LogP contribution in [0.5, 0.6) is 0 Å². The SMILES string of the molecule is CN1CCN(c2ccc3cc(NC(=O)CCC(=O)O)ccc3n2)CC1.NC(=O)CCC(=O)O. The van der Waals surface area contributed by atoms with Crippen LogP contribution >= 0.6 is 0 Å². The molecule has 33 heavy (non-hydrogen) atoms. The molecule has 1 aliphatic rings. The molecule has 0 spiro atoms. The average Bonchev–Trinajstić information content (AvgIpc) is 2.77. The van der Waals surface area contributed by atoms with Crippen molar-refractivity contribution in [3.63, 3.8) is 0 Å². The van der Waals surface area contributed by atoms with E-state index in [0.29, 0.717) is 5.69 Å². The minimum absolute atomic E-state index is 0.0338. The van der Waals surface area contributed by atoms with Crippen LogP contribution in [0.15, 0.2) is 30.3 Å². The summed E-state index contributed by atoms with van der Waals surface area (Å²) < 4.78 is 0. The number of hydrogen-bond donors (Lipinski definition) is 4. The Balaban J connectivity index is 0.000000414. The number of likely N-dealkylation sites (N-methyl/N-ethyl adjacent to an activating group) is 1. The Morgan fingerprint density at radius 2 is 1.58 bits per heavy atom. The van der Waals surface area contributed by atoms with Crippen LogP contribution in [0.4, 0.5) is 11.5 Å². The summed E-state index contributed by atoms with van der Waals surface area (Å²) in [6.45, 7) is 3.99. The number of carbonyl (C=O) groups is 4. The standard InChI is InChI=1S/C18H22N4O3.C4H7NO3/c1-21-8-10-22(11-9-21)16-5-2-13-12-14(3-4-15(13)20-16)19-17(23)6-7-18(24)25;5-3(6)1-2-4(7)8/h2-5,12H,6-11H2,1H3,(H,19,23)(H,24,25);1-2H2,(H2,5,6)(H,7,8). The number of primary amides is 1. The molecule has 178 valence electrons. The second kappa shape index (κ2) is 12.3. The van der Waals surface area contributed by atoms with Gasteiger partial charge in [0, 0.05) is 50.1 Å². The van der Waals surface area contributed by atoms with Crippen LogP contribution < -0.4 is 16.0 Å². The van der Waals surface area contributed by atoms with E-state index >= 15 is 0 Å². The Bertz CT molecular complexity index is 990. The van der Waals surface area contributed by atoms with Crippen LogP contribution in [0.2, 0.25) is 0 Å². The smallest absolute Gasteiger partial charge is 0.303 e. The number of anilines is 2. The lowest BCUT2D eigenvalue weighted by atomic mass is 10.2. The van der Waals surface area contributed by atoms with E-state index in [4.69, 9.17) is 15.2 Å². The highest BCUT2D eigenvalue weighted by Crippen LogP contribution is 2.22. The predicted molar refractivity (Wildman–Crippen MR) is 123 cm³/mol. The van der Waals surface area contributed by atoms with E-state index < -0.39 is 17.8 Å². The molecular weight excluding hydrogens is 430 g/mol. The first kappa shape index (κ1) is 25.5. The number of nitrogens with zero attached hydrogens (tertiary/aromatic N) is 3. The van der Waals surface area contributed by atoms with Crippen LogP contribution in [0.3, 0.4) is 0 Å². The van der Waals surface area contributed by atoms with Gasteiger partial charge in [-0.15, -0.1) is 0 Å². The van der Waals surface area contributed by atoms with Crippen molar-refractivity contribution in [1.82, 2.24) is 9.88 Å². The van der Waals surface area contributed by atoms with Crippen molar-refractivity contribution in [3.8, 4) is 0 Å². The molecule has 1 aromatic carbocycles. The second-order valence-corrected chi connectivity index (χ2v) is 7.67. The summed E-state index contributed by atoms with van der Waals surface area (Å²) in [4.78, 5) is 51.1. The molecule has 0 radical (unpaired) electrons. The minimum Gasteiger partial charge on any atom is -0.481 e. The topological polar surface area (TPSA) is 166 Å². The lowest BCUT2D eigenvalue weighted by Crippen LogP contribution is -2.44. The highest BCUT2D eigenvalue weighted by atomic mass is 16.4. The molecule has 2 heterocycles. The highest BCUT2D eigenvalue weighted by molar-refractivity contribution is 5.95. The molecular formula is C22H29N5O6. The van der Waals surface area contributed by atoms with Crippen LogP contribution in [0.1, 0.15) is 25.7 Å². The Morgan fingerprint density at radius 1 is 0.939 bits per heavy atom. The fraction of sp³-hybridized carbons (Fsp3) is 0.409. The number of nitrogens with one attached hydrogen (secondary N) is 1. The summed E-state index contributed by atoms with van der Waals surface area (Å²) in [6, 6.07) is 9.53. The number of carboxylic acid groups (broad SMARTS) is 2. The Morgan fingerprint density at radius 3 is 2.15 bits per heavy atom. The van der Waals surface area contributed by atoms with Crippen molar-refractivity contribution in [3.05, 3.63) is 30.3 Å². The molecule has 11 heteroatoms. The molecule has 0 aliphatic carbocycles. The van der Waals surface area contributed by atoms with Gasteiger partial charge >= 0.3 is 11.9 Å². The number of hydrogen-bond acceptors (Lipinski definition) is 7. The van der Waals surface area contributed by atoms with Gasteiger partial charge < -0.3 is 31.1 Å². The van der Waals surface area contributed by atoms with Gasteiger partial charge in [-0.2, -0.15) is 0 Å². The zero-order valence-electron chi connectivity index (χ0n) is 18.5. The Labute approximate surface area is 191 Å². The first-order valence-corrected chi connectivity index (χ1v) is 10.5. The molecule has 1 saturated heterocycles. The van der Waals surface area contributed by atoms with E-state index in [1.165, 1.54) is 0 Å². The van der Waals surface area contributed by atoms with E-state index in [1.807, 2.05) is 24.3 Å². The number of rotatable bonds is 8. The number of pyridine rings is 1. The molecule has 0 saturated carbocycles. The minimum atomic E-state index is -0.996. The van der Waals surface area contributed by atoms with Crippen LogP contribution in [0, 0.1) is 0 Å². The first-order chi connectivity index (χ1) is 15.6. The molecule has 1 aliphatic heterocycles. The first-order valence-electron chi connectivity index (χ1n) is 10.5. The molecule has 0 bridgehead atoms. The average molecular weight is 460 g/mol. The largest absolute Gasteiger partial charge is 0.481 e. The van der Waals surface area contributed by atoms with Gasteiger partial charge in [0.15, 0.2) is 0 Å². The molecule has 1 aromatic heterocycles. The van der Waals surface area contributed by atoms with Crippen molar-refractivity contribution < 1.29 is 29.4 Å². The van der Waals surface area contributed by atoms with Crippen molar-refractivity contribution >= 4 is 46.2 Å².